The Balaban J connectivity index is 1.47. The Kier molecular flexibility index (Phi) is 4.89. The molecule has 27 heavy (non-hydrogen) atoms. The van der Waals surface area contributed by atoms with E-state index in [0.29, 0.717) is 5.56 Å². The Morgan fingerprint density at radius 2 is 1.70 bits per heavy atom. The van der Waals surface area contributed by atoms with Crippen molar-refractivity contribution in [2.24, 2.45) is 0 Å². The quantitative estimate of drug-likeness (QED) is 0.774. The van der Waals surface area contributed by atoms with Crippen molar-refractivity contribution in [2.45, 2.75) is 6.92 Å². The maximum Gasteiger partial charge on any atom is 0.259 e. The van der Waals surface area contributed by atoms with Crippen molar-refractivity contribution in [2.75, 3.05) is 36.5 Å². The Labute approximate surface area is 158 Å². The van der Waals surface area contributed by atoms with Crippen LogP contribution in [0.5, 0.6) is 0 Å². The van der Waals surface area contributed by atoms with Gasteiger partial charge in [0, 0.05) is 24.5 Å². The zero-order valence-corrected chi connectivity index (χ0v) is 15.3. The zero-order chi connectivity index (χ0) is 18.6. The third kappa shape index (κ3) is 3.71. The maximum atomic E-state index is 12.7. The van der Waals surface area contributed by atoms with Gasteiger partial charge in [-0.3, -0.25) is 4.79 Å². The first-order valence-corrected chi connectivity index (χ1v) is 9.06. The molecule has 1 N–H and O–H groups in total. The summed E-state index contributed by atoms with van der Waals surface area (Å²) in [5.74, 6) is -0.159. The molecule has 1 saturated heterocycles. The van der Waals surface area contributed by atoms with Gasteiger partial charge in [-0.1, -0.05) is 18.2 Å². The first-order chi connectivity index (χ1) is 13.2. The summed E-state index contributed by atoms with van der Waals surface area (Å²) in [4.78, 5) is 15.0. The van der Waals surface area contributed by atoms with E-state index in [2.05, 4.69) is 15.3 Å². The van der Waals surface area contributed by atoms with E-state index in [1.54, 1.807) is 10.9 Å². The monoisotopic (exact) mass is 362 g/mol. The normalized spacial score (nSPS) is 14.2. The van der Waals surface area contributed by atoms with Crippen LogP contribution >= 0.6 is 0 Å². The third-order valence-corrected chi connectivity index (χ3v) is 4.76. The molecule has 0 atom stereocenters. The van der Waals surface area contributed by atoms with Crippen LogP contribution in [0.25, 0.3) is 5.69 Å². The van der Waals surface area contributed by atoms with Crippen molar-refractivity contribution in [3.63, 3.8) is 0 Å². The summed E-state index contributed by atoms with van der Waals surface area (Å²) >= 11 is 0. The molecule has 1 aliphatic heterocycles. The topological polar surface area (TPSA) is 59.4 Å². The Morgan fingerprint density at radius 1 is 1.00 bits per heavy atom. The van der Waals surface area contributed by atoms with Gasteiger partial charge in [-0.15, -0.1) is 0 Å². The molecule has 0 aliphatic carbocycles. The minimum atomic E-state index is -0.159. The van der Waals surface area contributed by atoms with Gasteiger partial charge in [0.05, 0.1) is 36.4 Å². The second-order valence-electron chi connectivity index (χ2n) is 6.49. The number of carbonyl (C=O) groups excluding carboxylic acids is 1. The van der Waals surface area contributed by atoms with Gasteiger partial charge in [0.15, 0.2) is 0 Å². The van der Waals surface area contributed by atoms with Crippen molar-refractivity contribution < 1.29 is 9.53 Å². The number of para-hydroxylation sites is 1. The highest BCUT2D eigenvalue weighted by Gasteiger charge is 2.16. The van der Waals surface area contributed by atoms with Crippen LogP contribution in [0.3, 0.4) is 0 Å². The molecule has 1 fully saturated rings. The molecule has 1 aromatic heterocycles. The summed E-state index contributed by atoms with van der Waals surface area (Å²) in [5, 5.41) is 7.32. The fourth-order valence-corrected chi connectivity index (χ4v) is 3.24. The number of nitrogens with one attached hydrogen (secondary N) is 1. The molecule has 0 unspecified atom stereocenters. The molecule has 138 valence electrons. The van der Waals surface area contributed by atoms with Gasteiger partial charge in [0.2, 0.25) is 0 Å². The third-order valence-electron chi connectivity index (χ3n) is 4.76. The number of carbonyl (C=O) groups is 1. The number of rotatable bonds is 4. The number of anilines is 2. The lowest BCUT2D eigenvalue weighted by Gasteiger charge is -2.28. The molecule has 6 nitrogen and oxygen atoms in total. The smallest absolute Gasteiger partial charge is 0.259 e. The van der Waals surface area contributed by atoms with E-state index >= 15 is 0 Å². The number of hydrogen-bond donors (Lipinski definition) is 1. The van der Waals surface area contributed by atoms with Gasteiger partial charge in [-0.05, 0) is 43.3 Å². The van der Waals surface area contributed by atoms with E-state index in [1.807, 2.05) is 61.5 Å². The first kappa shape index (κ1) is 17.3. The predicted molar refractivity (Wildman–Crippen MR) is 106 cm³/mol. The number of aromatic nitrogens is 2. The molecular weight excluding hydrogens is 340 g/mol. The molecule has 0 spiro atoms. The largest absolute Gasteiger partial charge is 0.378 e. The zero-order valence-electron chi connectivity index (χ0n) is 15.3. The van der Waals surface area contributed by atoms with Crippen LogP contribution < -0.4 is 10.2 Å². The minimum absolute atomic E-state index is 0.159. The highest BCUT2D eigenvalue weighted by molar-refractivity contribution is 6.05. The van der Waals surface area contributed by atoms with Gasteiger partial charge in [0.25, 0.3) is 5.91 Å². The summed E-state index contributed by atoms with van der Waals surface area (Å²) in [5.41, 5.74) is 4.22. The highest BCUT2D eigenvalue weighted by atomic mass is 16.5. The van der Waals surface area contributed by atoms with E-state index in [4.69, 9.17) is 4.74 Å². The van der Waals surface area contributed by atoms with Crippen molar-refractivity contribution in [3.05, 3.63) is 72.1 Å². The van der Waals surface area contributed by atoms with Crippen molar-refractivity contribution in [3.8, 4) is 5.69 Å². The van der Waals surface area contributed by atoms with Gasteiger partial charge in [-0.25, -0.2) is 4.68 Å². The highest BCUT2D eigenvalue weighted by Crippen LogP contribution is 2.20. The number of ether oxygens (including phenoxy) is 1. The van der Waals surface area contributed by atoms with Gasteiger partial charge >= 0.3 is 0 Å². The van der Waals surface area contributed by atoms with Crippen LogP contribution in [0.4, 0.5) is 11.4 Å². The van der Waals surface area contributed by atoms with Gasteiger partial charge < -0.3 is 15.0 Å². The minimum Gasteiger partial charge on any atom is -0.378 e. The molecule has 0 saturated carbocycles. The number of amides is 1. The molecule has 2 heterocycles. The summed E-state index contributed by atoms with van der Waals surface area (Å²) in [6.07, 6.45) is 1.61. The molecule has 3 aromatic rings. The van der Waals surface area contributed by atoms with Crippen LogP contribution in [0.2, 0.25) is 0 Å². The second kappa shape index (κ2) is 7.63. The number of nitrogens with zero attached hydrogens (tertiary/aromatic N) is 3. The summed E-state index contributed by atoms with van der Waals surface area (Å²) in [7, 11) is 0. The predicted octanol–water partition coefficient (Wildman–Crippen LogP) is 3.27. The lowest BCUT2D eigenvalue weighted by molar-refractivity contribution is 0.102. The Morgan fingerprint density at radius 3 is 2.41 bits per heavy atom. The van der Waals surface area contributed by atoms with Crippen LogP contribution in [0.1, 0.15) is 16.1 Å². The molecule has 0 radical (unpaired) electrons. The fraction of sp³-hybridized carbons (Fsp3) is 0.238. The SMILES string of the molecule is Cc1c(C(=O)Nc2ccc(N3CCOCC3)cc2)cnn1-c1ccccc1. The number of benzene rings is 2. The molecule has 1 aliphatic rings. The Hall–Kier alpha value is -3.12. The molecule has 2 aromatic carbocycles. The average Bonchev–Trinajstić information content (AvgIpc) is 3.11. The van der Waals surface area contributed by atoms with E-state index in [1.165, 1.54) is 0 Å². The molecular formula is C21H22N4O2. The lowest BCUT2D eigenvalue weighted by atomic mass is 10.2. The van der Waals surface area contributed by atoms with Crippen LogP contribution in [-0.2, 0) is 4.74 Å². The lowest BCUT2D eigenvalue weighted by Crippen LogP contribution is -2.36. The van der Waals surface area contributed by atoms with E-state index in [-0.39, 0.29) is 5.91 Å². The maximum absolute atomic E-state index is 12.7. The van der Waals surface area contributed by atoms with E-state index in [9.17, 15) is 4.79 Å². The van der Waals surface area contributed by atoms with Crippen molar-refractivity contribution in [1.29, 1.82) is 0 Å². The molecule has 4 rings (SSSR count). The van der Waals surface area contributed by atoms with Crippen LogP contribution in [0, 0.1) is 6.92 Å². The van der Waals surface area contributed by atoms with Crippen molar-refractivity contribution in [1.82, 2.24) is 9.78 Å². The summed E-state index contributed by atoms with van der Waals surface area (Å²) in [6, 6.07) is 17.7. The van der Waals surface area contributed by atoms with Crippen LogP contribution in [0.15, 0.2) is 60.8 Å². The van der Waals surface area contributed by atoms with Crippen molar-refractivity contribution >= 4 is 17.3 Å². The second-order valence-corrected chi connectivity index (χ2v) is 6.49. The van der Waals surface area contributed by atoms with Crippen LogP contribution in [-0.4, -0.2) is 42.0 Å². The number of morpholine rings is 1. The van der Waals surface area contributed by atoms with Gasteiger partial charge in [0.1, 0.15) is 0 Å². The van der Waals surface area contributed by atoms with E-state index < -0.39 is 0 Å². The standard InChI is InChI=1S/C21H22N4O2/c1-16-20(15-22-25(16)19-5-3-2-4-6-19)21(26)23-17-7-9-18(10-8-17)24-11-13-27-14-12-24/h2-10,15H,11-14H2,1H3,(H,23,26). The molecule has 0 bridgehead atoms. The molecule has 6 heteroatoms. The summed E-state index contributed by atoms with van der Waals surface area (Å²) < 4.78 is 7.16. The average molecular weight is 362 g/mol. The fourth-order valence-electron chi connectivity index (χ4n) is 3.24. The Bertz CT molecular complexity index is 913. The van der Waals surface area contributed by atoms with Gasteiger partial charge in [-0.2, -0.15) is 5.10 Å². The first-order valence-electron chi connectivity index (χ1n) is 9.06. The molecule has 1 amide bonds. The van der Waals surface area contributed by atoms with E-state index in [0.717, 1.165) is 49.1 Å². The summed E-state index contributed by atoms with van der Waals surface area (Å²) in [6.45, 7) is 5.19. The number of hydrogen-bond acceptors (Lipinski definition) is 4.